The average molecular weight is 375 g/mol. The molecular formula is C19H25N3O3S. The number of hydrogen-bond acceptors (Lipinski definition) is 6. The molecule has 1 N–H and O–H groups in total. The molecule has 0 aliphatic carbocycles. The van der Waals surface area contributed by atoms with Crippen molar-refractivity contribution in [1.82, 2.24) is 9.97 Å². The van der Waals surface area contributed by atoms with E-state index in [0.29, 0.717) is 35.6 Å². The van der Waals surface area contributed by atoms with Crippen molar-refractivity contribution in [2.24, 2.45) is 0 Å². The van der Waals surface area contributed by atoms with Gasteiger partial charge in [-0.2, -0.15) is 0 Å². The van der Waals surface area contributed by atoms with Crippen LogP contribution in [0.3, 0.4) is 0 Å². The van der Waals surface area contributed by atoms with E-state index in [-0.39, 0.29) is 11.7 Å². The molecule has 1 aromatic carbocycles. The molecule has 7 heteroatoms. The second-order valence-electron chi connectivity index (χ2n) is 5.67. The molecule has 0 bridgehead atoms. The number of nitrogens with one attached hydrogen (secondary N) is 1. The van der Waals surface area contributed by atoms with Gasteiger partial charge in [-0.15, -0.1) is 0 Å². The van der Waals surface area contributed by atoms with Crippen LogP contribution in [0.25, 0.3) is 0 Å². The molecule has 0 spiro atoms. The van der Waals surface area contributed by atoms with Crippen molar-refractivity contribution < 1.29 is 14.3 Å². The molecule has 0 radical (unpaired) electrons. The molecule has 2 aromatic rings. The van der Waals surface area contributed by atoms with Crippen molar-refractivity contribution in [1.29, 1.82) is 0 Å². The van der Waals surface area contributed by atoms with Gasteiger partial charge in [0.05, 0.1) is 19.0 Å². The number of amides is 1. The van der Waals surface area contributed by atoms with Crippen LogP contribution in [0.2, 0.25) is 0 Å². The number of carbonyl (C=O) groups excluding carboxylic acids is 1. The SMILES string of the molecule is CCOc1ccc(NC(=O)CSc2nc(C)c(C)c(C)n2)cc1OCC. The number of benzene rings is 1. The van der Waals surface area contributed by atoms with Gasteiger partial charge in [0.1, 0.15) is 0 Å². The molecule has 26 heavy (non-hydrogen) atoms. The Balaban J connectivity index is 2.00. The Kier molecular flexibility index (Phi) is 7.26. The van der Waals surface area contributed by atoms with Crippen LogP contribution < -0.4 is 14.8 Å². The van der Waals surface area contributed by atoms with Gasteiger partial charge >= 0.3 is 0 Å². The van der Waals surface area contributed by atoms with E-state index in [2.05, 4.69) is 15.3 Å². The molecule has 0 aliphatic heterocycles. The summed E-state index contributed by atoms with van der Waals surface area (Å²) in [6.45, 7) is 10.8. The highest BCUT2D eigenvalue weighted by Gasteiger charge is 2.11. The molecule has 2 rings (SSSR count). The number of rotatable bonds is 8. The van der Waals surface area contributed by atoms with Crippen LogP contribution in [-0.2, 0) is 4.79 Å². The summed E-state index contributed by atoms with van der Waals surface area (Å²) in [4.78, 5) is 21.1. The zero-order valence-electron chi connectivity index (χ0n) is 15.9. The normalized spacial score (nSPS) is 10.5. The predicted molar refractivity (Wildman–Crippen MR) is 104 cm³/mol. The van der Waals surface area contributed by atoms with E-state index in [1.54, 1.807) is 18.2 Å². The Morgan fingerprint density at radius 2 is 1.65 bits per heavy atom. The number of thioether (sulfide) groups is 1. The Bertz CT molecular complexity index is 758. The highest BCUT2D eigenvalue weighted by atomic mass is 32.2. The Morgan fingerprint density at radius 1 is 1.04 bits per heavy atom. The van der Waals surface area contributed by atoms with E-state index in [1.165, 1.54) is 11.8 Å². The van der Waals surface area contributed by atoms with Crippen molar-refractivity contribution in [3.8, 4) is 11.5 Å². The maximum atomic E-state index is 12.2. The third-order valence-corrected chi connectivity index (χ3v) is 4.62. The van der Waals surface area contributed by atoms with Gasteiger partial charge in [0.25, 0.3) is 0 Å². The van der Waals surface area contributed by atoms with E-state index in [0.717, 1.165) is 17.0 Å². The standard InChI is InChI=1S/C19H25N3O3S/c1-6-24-16-9-8-15(10-17(16)25-7-2)22-18(23)11-26-19-20-13(4)12(3)14(5)21-19/h8-10H,6-7,11H2,1-5H3,(H,22,23). The van der Waals surface area contributed by atoms with E-state index in [1.807, 2.05) is 34.6 Å². The lowest BCUT2D eigenvalue weighted by Gasteiger charge is -2.13. The van der Waals surface area contributed by atoms with E-state index in [4.69, 9.17) is 9.47 Å². The number of aromatic nitrogens is 2. The van der Waals surface area contributed by atoms with Crippen LogP contribution in [0.1, 0.15) is 30.8 Å². The molecule has 0 aliphatic rings. The summed E-state index contributed by atoms with van der Waals surface area (Å²) >= 11 is 1.32. The van der Waals surface area contributed by atoms with Gasteiger partial charge in [-0.1, -0.05) is 11.8 Å². The highest BCUT2D eigenvalue weighted by molar-refractivity contribution is 7.99. The monoisotopic (exact) mass is 375 g/mol. The molecule has 140 valence electrons. The fraction of sp³-hybridized carbons (Fsp3) is 0.421. The lowest BCUT2D eigenvalue weighted by molar-refractivity contribution is -0.113. The number of aryl methyl sites for hydroxylation is 2. The molecule has 0 saturated carbocycles. The van der Waals surface area contributed by atoms with Gasteiger partial charge < -0.3 is 14.8 Å². The van der Waals surface area contributed by atoms with Gasteiger partial charge in [0.2, 0.25) is 5.91 Å². The first-order chi connectivity index (χ1) is 12.4. The van der Waals surface area contributed by atoms with Crippen LogP contribution in [-0.4, -0.2) is 34.8 Å². The largest absolute Gasteiger partial charge is 0.490 e. The summed E-state index contributed by atoms with van der Waals surface area (Å²) in [5.41, 5.74) is 3.62. The second-order valence-corrected chi connectivity index (χ2v) is 6.61. The third kappa shape index (κ3) is 5.36. The van der Waals surface area contributed by atoms with Gasteiger partial charge in [0.15, 0.2) is 16.7 Å². The molecule has 0 atom stereocenters. The number of carbonyl (C=O) groups is 1. The topological polar surface area (TPSA) is 73.3 Å². The summed E-state index contributed by atoms with van der Waals surface area (Å²) < 4.78 is 11.1. The second kappa shape index (κ2) is 9.43. The number of nitrogens with zero attached hydrogens (tertiary/aromatic N) is 2. The Labute approximate surface area is 158 Å². The smallest absolute Gasteiger partial charge is 0.234 e. The first kappa shape index (κ1) is 20.0. The van der Waals surface area contributed by atoms with Gasteiger partial charge in [-0.25, -0.2) is 9.97 Å². The minimum Gasteiger partial charge on any atom is -0.490 e. The van der Waals surface area contributed by atoms with Crippen molar-refractivity contribution in [2.45, 2.75) is 39.8 Å². The van der Waals surface area contributed by atoms with Crippen LogP contribution >= 0.6 is 11.8 Å². The molecule has 0 saturated heterocycles. The molecule has 1 aromatic heterocycles. The summed E-state index contributed by atoms with van der Waals surface area (Å²) in [6.07, 6.45) is 0. The molecular weight excluding hydrogens is 350 g/mol. The lowest BCUT2D eigenvalue weighted by atomic mass is 10.2. The van der Waals surface area contributed by atoms with E-state index >= 15 is 0 Å². The van der Waals surface area contributed by atoms with E-state index < -0.39 is 0 Å². The minimum atomic E-state index is -0.124. The van der Waals surface area contributed by atoms with Crippen molar-refractivity contribution in [2.75, 3.05) is 24.3 Å². The van der Waals surface area contributed by atoms with Crippen LogP contribution in [0.5, 0.6) is 11.5 Å². The van der Waals surface area contributed by atoms with Crippen molar-refractivity contribution in [3.63, 3.8) is 0 Å². The van der Waals surface area contributed by atoms with E-state index in [9.17, 15) is 4.79 Å². The zero-order chi connectivity index (χ0) is 19.1. The maximum Gasteiger partial charge on any atom is 0.234 e. The Hall–Kier alpha value is -2.28. The van der Waals surface area contributed by atoms with Crippen LogP contribution in [0.4, 0.5) is 5.69 Å². The fourth-order valence-corrected chi connectivity index (χ4v) is 3.00. The molecule has 1 heterocycles. The average Bonchev–Trinajstić information content (AvgIpc) is 2.60. The molecule has 6 nitrogen and oxygen atoms in total. The molecule has 0 fully saturated rings. The predicted octanol–water partition coefficient (Wildman–Crippen LogP) is 3.93. The number of anilines is 1. The van der Waals surface area contributed by atoms with Gasteiger partial charge in [0, 0.05) is 23.1 Å². The van der Waals surface area contributed by atoms with Crippen molar-refractivity contribution in [3.05, 3.63) is 35.2 Å². The van der Waals surface area contributed by atoms with Crippen molar-refractivity contribution >= 4 is 23.4 Å². The first-order valence-electron chi connectivity index (χ1n) is 8.58. The third-order valence-electron chi connectivity index (χ3n) is 3.77. The van der Waals surface area contributed by atoms with Gasteiger partial charge in [-0.3, -0.25) is 4.79 Å². The summed E-state index contributed by atoms with van der Waals surface area (Å²) in [5.74, 6) is 1.40. The Morgan fingerprint density at radius 3 is 2.27 bits per heavy atom. The highest BCUT2D eigenvalue weighted by Crippen LogP contribution is 2.30. The van der Waals surface area contributed by atoms with Crippen LogP contribution in [0, 0.1) is 20.8 Å². The quantitative estimate of drug-likeness (QED) is 0.557. The summed E-state index contributed by atoms with van der Waals surface area (Å²) in [6, 6.07) is 5.37. The number of hydrogen-bond donors (Lipinski definition) is 1. The summed E-state index contributed by atoms with van der Waals surface area (Å²) in [7, 11) is 0. The number of ether oxygens (including phenoxy) is 2. The minimum absolute atomic E-state index is 0.124. The molecule has 1 amide bonds. The van der Waals surface area contributed by atoms with Crippen LogP contribution in [0.15, 0.2) is 23.4 Å². The molecule has 0 unspecified atom stereocenters. The zero-order valence-corrected chi connectivity index (χ0v) is 16.7. The lowest BCUT2D eigenvalue weighted by Crippen LogP contribution is -2.14. The van der Waals surface area contributed by atoms with Gasteiger partial charge in [-0.05, 0) is 52.3 Å². The first-order valence-corrected chi connectivity index (χ1v) is 9.57. The maximum absolute atomic E-state index is 12.2. The summed E-state index contributed by atoms with van der Waals surface area (Å²) in [5, 5.41) is 3.48. The fourth-order valence-electron chi connectivity index (χ4n) is 2.26.